The molecule has 0 saturated carbocycles. The topological polar surface area (TPSA) is 49.4 Å². The first-order valence-electron chi connectivity index (χ1n) is 10.0. The van der Waals surface area contributed by atoms with Crippen LogP contribution in [0, 0.1) is 12.7 Å². The lowest BCUT2D eigenvalue weighted by molar-refractivity contribution is -0.141. The van der Waals surface area contributed by atoms with Crippen LogP contribution in [0.15, 0.2) is 48.5 Å². The van der Waals surface area contributed by atoms with Crippen molar-refractivity contribution in [3.63, 3.8) is 0 Å². The Kier molecular flexibility index (Phi) is 7.54. The van der Waals surface area contributed by atoms with E-state index in [1.54, 1.807) is 17.0 Å². The number of hydrogen-bond donors (Lipinski definition) is 1. The Morgan fingerprint density at radius 2 is 1.55 bits per heavy atom. The molecule has 2 aromatic carbocycles. The number of benzene rings is 2. The second-order valence-electron chi connectivity index (χ2n) is 8.47. The predicted octanol–water partition coefficient (Wildman–Crippen LogP) is 4.40. The second kappa shape index (κ2) is 9.68. The maximum Gasteiger partial charge on any atom is 0.243 e. The van der Waals surface area contributed by atoms with Crippen molar-refractivity contribution in [1.29, 1.82) is 0 Å². The highest BCUT2D eigenvalue weighted by Crippen LogP contribution is 2.16. The third kappa shape index (κ3) is 7.00. The monoisotopic (exact) mass is 398 g/mol. The quantitative estimate of drug-likeness (QED) is 0.752. The zero-order valence-electron chi connectivity index (χ0n) is 18.0. The van der Waals surface area contributed by atoms with E-state index in [9.17, 15) is 14.0 Å². The molecule has 0 aromatic heterocycles. The summed E-state index contributed by atoms with van der Waals surface area (Å²) in [4.78, 5) is 27.7. The van der Waals surface area contributed by atoms with Gasteiger partial charge in [0.05, 0.1) is 6.42 Å². The molecule has 0 aliphatic heterocycles. The van der Waals surface area contributed by atoms with Crippen molar-refractivity contribution in [2.75, 3.05) is 0 Å². The van der Waals surface area contributed by atoms with Gasteiger partial charge in [-0.15, -0.1) is 0 Å². The van der Waals surface area contributed by atoms with Gasteiger partial charge in [-0.2, -0.15) is 0 Å². The minimum atomic E-state index is -0.580. The number of hydrogen-bond acceptors (Lipinski definition) is 2. The molecule has 156 valence electrons. The zero-order chi connectivity index (χ0) is 21.6. The van der Waals surface area contributed by atoms with E-state index in [0.29, 0.717) is 13.0 Å². The van der Waals surface area contributed by atoms with Crippen molar-refractivity contribution < 1.29 is 14.0 Å². The summed E-state index contributed by atoms with van der Waals surface area (Å²) in [7, 11) is 0. The Morgan fingerprint density at radius 1 is 1.00 bits per heavy atom. The van der Waals surface area contributed by atoms with Crippen molar-refractivity contribution in [3.05, 3.63) is 71.0 Å². The van der Waals surface area contributed by atoms with Crippen molar-refractivity contribution in [2.45, 2.75) is 65.6 Å². The molecule has 0 aliphatic rings. The molecule has 2 aromatic rings. The number of carbonyl (C=O) groups is 2. The van der Waals surface area contributed by atoms with E-state index in [1.165, 1.54) is 12.1 Å². The number of nitrogens with zero attached hydrogens (tertiary/aromatic N) is 1. The Morgan fingerprint density at radius 3 is 2.07 bits per heavy atom. The van der Waals surface area contributed by atoms with E-state index in [4.69, 9.17) is 0 Å². The Labute approximate surface area is 173 Å². The van der Waals surface area contributed by atoms with Crippen LogP contribution in [0.3, 0.4) is 0 Å². The summed E-state index contributed by atoms with van der Waals surface area (Å²) in [5.41, 5.74) is 2.43. The van der Waals surface area contributed by atoms with Crippen molar-refractivity contribution >= 4 is 11.8 Å². The number of nitrogens with one attached hydrogen (secondary N) is 1. The third-order valence-corrected chi connectivity index (χ3v) is 4.63. The molecule has 5 heteroatoms. The lowest BCUT2D eigenvalue weighted by Crippen LogP contribution is -2.53. The first-order chi connectivity index (χ1) is 13.6. The fourth-order valence-corrected chi connectivity index (χ4v) is 3.14. The van der Waals surface area contributed by atoms with E-state index in [2.05, 4.69) is 5.32 Å². The van der Waals surface area contributed by atoms with Gasteiger partial charge < -0.3 is 10.2 Å². The summed E-state index contributed by atoms with van der Waals surface area (Å²) in [6.45, 7) is 10.0. The van der Waals surface area contributed by atoms with Crippen molar-refractivity contribution in [1.82, 2.24) is 10.2 Å². The van der Waals surface area contributed by atoms with Gasteiger partial charge in [-0.3, -0.25) is 9.59 Å². The van der Waals surface area contributed by atoms with Gasteiger partial charge in [0.2, 0.25) is 11.8 Å². The molecular formula is C24H31FN2O2. The molecule has 1 atom stereocenters. The van der Waals surface area contributed by atoms with Gasteiger partial charge in [-0.1, -0.05) is 48.9 Å². The molecule has 2 rings (SSSR count). The molecule has 0 fully saturated rings. The zero-order valence-corrected chi connectivity index (χ0v) is 18.0. The maximum atomic E-state index is 13.2. The fraction of sp³-hybridized carbons (Fsp3) is 0.417. The van der Waals surface area contributed by atoms with Gasteiger partial charge in [-0.25, -0.2) is 4.39 Å². The van der Waals surface area contributed by atoms with Crippen LogP contribution in [0.4, 0.5) is 4.39 Å². The summed E-state index contributed by atoms with van der Waals surface area (Å²) in [5, 5.41) is 2.99. The summed E-state index contributed by atoms with van der Waals surface area (Å²) >= 11 is 0. The lowest BCUT2D eigenvalue weighted by Gasteiger charge is -2.33. The molecular weight excluding hydrogens is 367 g/mol. The average molecular weight is 399 g/mol. The van der Waals surface area contributed by atoms with E-state index in [-0.39, 0.29) is 29.6 Å². The Hall–Kier alpha value is -2.69. The summed E-state index contributed by atoms with van der Waals surface area (Å²) in [6, 6.07) is 13.3. The molecule has 1 unspecified atom stereocenters. The smallest absolute Gasteiger partial charge is 0.243 e. The summed E-state index contributed by atoms with van der Waals surface area (Å²) in [5.74, 6) is -0.665. The van der Waals surface area contributed by atoms with E-state index >= 15 is 0 Å². The van der Waals surface area contributed by atoms with Crippen LogP contribution in [0.25, 0.3) is 0 Å². The van der Waals surface area contributed by atoms with Gasteiger partial charge in [0.15, 0.2) is 0 Å². The fourth-order valence-electron chi connectivity index (χ4n) is 3.14. The van der Waals surface area contributed by atoms with Crippen molar-refractivity contribution in [2.24, 2.45) is 0 Å². The van der Waals surface area contributed by atoms with E-state index < -0.39 is 6.04 Å². The minimum absolute atomic E-state index is 0.117. The van der Waals surface area contributed by atoms with Crippen LogP contribution in [-0.2, 0) is 22.6 Å². The van der Waals surface area contributed by atoms with Crippen LogP contribution in [0.5, 0.6) is 0 Å². The van der Waals surface area contributed by atoms with Crippen LogP contribution in [0.1, 0.15) is 50.8 Å². The first kappa shape index (κ1) is 22.6. The molecule has 29 heavy (non-hydrogen) atoms. The predicted molar refractivity (Wildman–Crippen MR) is 114 cm³/mol. The average Bonchev–Trinajstić information content (AvgIpc) is 2.63. The largest absolute Gasteiger partial charge is 0.350 e. The molecule has 0 heterocycles. The molecule has 0 bridgehead atoms. The molecule has 1 N–H and O–H groups in total. The van der Waals surface area contributed by atoms with Crippen LogP contribution >= 0.6 is 0 Å². The highest BCUT2D eigenvalue weighted by atomic mass is 19.1. The molecule has 0 radical (unpaired) electrons. The minimum Gasteiger partial charge on any atom is -0.350 e. The first-order valence-corrected chi connectivity index (χ1v) is 10.0. The van der Waals surface area contributed by atoms with Gasteiger partial charge >= 0.3 is 0 Å². The molecule has 0 spiro atoms. The third-order valence-electron chi connectivity index (χ3n) is 4.63. The number of aryl methyl sites for hydroxylation is 1. The highest BCUT2D eigenvalue weighted by molar-refractivity contribution is 5.88. The second-order valence-corrected chi connectivity index (χ2v) is 8.47. The molecule has 2 amide bonds. The Balaban J connectivity index is 2.29. The normalized spacial score (nSPS) is 12.3. The van der Waals surface area contributed by atoms with Crippen LogP contribution < -0.4 is 5.32 Å². The van der Waals surface area contributed by atoms with Crippen LogP contribution in [0.2, 0.25) is 0 Å². The molecule has 4 nitrogen and oxygen atoms in total. The number of carbonyl (C=O) groups excluding carboxylic acids is 2. The molecule has 0 aliphatic carbocycles. The van der Waals surface area contributed by atoms with Crippen LogP contribution in [-0.4, -0.2) is 28.3 Å². The number of amides is 2. The highest BCUT2D eigenvalue weighted by Gasteiger charge is 2.30. The Bertz CT molecular complexity index is 823. The maximum absolute atomic E-state index is 13.2. The van der Waals surface area contributed by atoms with E-state index in [1.807, 2.05) is 58.9 Å². The SMILES string of the molecule is CCC(C(=O)NC(C)(C)C)N(Cc1ccc(C)cc1)C(=O)Cc1ccc(F)cc1. The lowest BCUT2D eigenvalue weighted by atomic mass is 10.0. The summed E-state index contributed by atoms with van der Waals surface area (Å²) in [6.07, 6.45) is 0.619. The van der Waals surface area contributed by atoms with E-state index in [0.717, 1.165) is 16.7 Å². The number of rotatable bonds is 7. The van der Waals surface area contributed by atoms with Gasteiger partial charge in [0.25, 0.3) is 0 Å². The van der Waals surface area contributed by atoms with Gasteiger partial charge in [0.1, 0.15) is 11.9 Å². The molecule has 0 saturated heterocycles. The standard InChI is InChI=1S/C24H31FN2O2/c1-6-21(23(29)26-24(3,4)5)27(16-19-9-7-17(2)8-10-19)22(28)15-18-11-13-20(25)14-12-18/h7-14,21H,6,15-16H2,1-5H3,(H,26,29). The van der Waals surface area contributed by atoms with Gasteiger partial charge in [0, 0.05) is 12.1 Å². The van der Waals surface area contributed by atoms with Crippen molar-refractivity contribution in [3.8, 4) is 0 Å². The number of halogens is 1. The van der Waals surface area contributed by atoms with Gasteiger partial charge in [-0.05, 0) is 57.4 Å². The summed E-state index contributed by atoms with van der Waals surface area (Å²) < 4.78 is 13.2.